The molecule has 0 aromatic rings. The maximum Gasteiger partial charge on any atom is 0.0553 e. The van der Waals surface area contributed by atoms with E-state index in [1.54, 1.807) is 0 Å². The van der Waals surface area contributed by atoms with Crippen LogP contribution in [0.25, 0.3) is 0 Å². The molecule has 1 aliphatic heterocycles. The van der Waals surface area contributed by atoms with Gasteiger partial charge in [0.25, 0.3) is 0 Å². The lowest BCUT2D eigenvalue weighted by molar-refractivity contribution is 0.0441. The SMILES string of the molecule is CCCCN1CC(NC2CCCCC2)CC(C(C)O)C1. The van der Waals surface area contributed by atoms with Crippen molar-refractivity contribution >= 4 is 0 Å². The molecule has 1 aliphatic carbocycles. The molecule has 118 valence electrons. The summed E-state index contributed by atoms with van der Waals surface area (Å²) in [6, 6.07) is 1.32. The summed E-state index contributed by atoms with van der Waals surface area (Å²) in [6.45, 7) is 7.68. The van der Waals surface area contributed by atoms with Crippen LogP contribution >= 0.6 is 0 Å². The lowest BCUT2D eigenvalue weighted by atomic mass is 9.88. The molecular formula is C17H34N2O. The molecule has 1 saturated carbocycles. The van der Waals surface area contributed by atoms with Crippen molar-refractivity contribution in [2.24, 2.45) is 5.92 Å². The monoisotopic (exact) mass is 282 g/mol. The first kappa shape index (κ1) is 16.3. The third kappa shape index (κ3) is 5.01. The highest BCUT2D eigenvalue weighted by atomic mass is 16.3. The van der Waals surface area contributed by atoms with Gasteiger partial charge in [-0.15, -0.1) is 0 Å². The second-order valence-corrected chi connectivity index (χ2v) is 7.05. The van der Waals surface area contributed by atoms with Crippen molar-refractivity contribution in [3.05, 3.63) is 0 Å². The van der Waals surface area contributed by atoms with Crippen LogP contribution in [0.4, 0.5) is 0 Å². The zero-order chi connectivity index (χ0) is 14.4. The molecule has 2 fully saturated rings. The number of unbranched alkanes of at least 4 members (excludes halogenated alkanes) is 1. The molecule has 2 rings (SSSR count). The van der Waals surface area contributed by atoms with Gasteiger partial charge in [0.05, 0.1) is 6.10 Å². The fraction of sp³-hybridized carbons (Fsp3) is 1.00. The predicted octanol–water partition coefficient (Wildman–Crippen LogP) is 2.78. The van der Waals surface area contributed by atoms with Crippen LogP contribution in [0.1, 0.15) is 65.2 Å². The molecular weight excluding hydrogens is 248 g/mol. The molecule has 3 unspecified atom stereocenters. The molecule has 2 N–H and O–H groups in total. The number of rotatable bonds is 6. The van der Waals surface area contributed by atoms with Crippen LogP contribution in [0.2, 0.25) is 0 Å². The summed E-state index contributed by atoms with van der Waals surface area (Å²) in [6.07, 6.45) is 10.4. The zero-order valence-electron chi connectivity index (χ0n) is 13.5. The fourth-order valence-corrected chi connectivity index (χ4v) is 3.87. The molecule has 2 aliphatic rings. The maximum atomic E-state index is 9.99. The Morgan fingerprint density at radius 1 is 1.15 bits per heavy atom. The van der Waals surface area contributed by atoms with Crippen molar-refractivity contribution < 1.29 is 5.11 Å². The summed E-state index contributed by atoms with van der Waals surface area (Å²) < 4.78 is 0. The summed E-state index contributed by atoms with van der Waals surface area (Å²) >= 11 is 0. The van der Waals surface area contributed by atoms with Gasteiger partial charge in [0, 0.05) is 25.2 Å². The van der Waals surface area contributed by atoms with E-state index in [2.05, 4.69) is 17.1 Å². The Balaban J connectivity index is 1.85. The first-order valence-corrected chi connectivity index (χ1v) is 8.85. The van der Waals surface area contributed by atoms with Crippen LogP contribution in [-0.4, -0.2) is 47.8 Å². The summed E-state index contributed by atoms with van der Waals surface area (Å²) in [5.74, 6) is 0.446. The smallest absolute Gasteiger partial charge is 0.0553 e. The van der Waals surface area contributed by atoms with E-state index >= 15 is 0 Å². The lowest BCUT2D eigenvalue weighted by Gasteiger charge is -2.41. The van der Waals surface area contributed by atoms with Gasteiger partial charge >= 0.3 is 0 Å². The Kier molecular flexibility index (Phi) is 6.79. The van der Waals surface area contributed by atoms with E-state index in [0.29, 0.717) is 12.0 Å². The summed E-state index contributed by atoms with van der Waals surface area (Å²) in [7, 11) is 0. The van der Waals surface area contributed by atoms with Gasteiger partial charge in [-0.05, 0) is 45.1 Å². The number of nitrogens with zero attached hydrogens (tertiary/aromatic N) is 1. The van der Waals surface area contributed by atoms with Crippen molar-refractivity contribution in [3.63, 3.8) is 0 Å². The molecule has 3 heteroatoms. The van der Waals surface area contributed by atoms with Crippen LogP contribution in [-0.2, 0) is 0 Å². The molecule has 3 atom stereocenters. The van der Waals surface area contributed by atoms with Gasteiger partial charge in [0.15, 0.2) is 0 Å². The second kappa shape index (κ2) is 8.35. The number of hydrogen-bond donors (Lipinski definition) is 2. The minimum atomic E-state index is -0.171. The Hall–Kier alpha value is -0.120. The van der Waals surface area contributed by atoms with Gasteiger partial charge in [0.2, 0.25) is 0 Å². The zero-order valence-corrected chi connectivity index (χ0v) is 13.5. The van der Waals surface area contributed by atoms with Crippen molar-refractivity contribution in [2.45, 2.75) is 83.4 Å². The number of hydrogen-bond acceptors (Lipinski definition) is 3. The summed E-state index contributed by atoms with van der Waals surface area (Å²) in [5.41, 5.74) is 0. The highest BCUT2D eigenvalue weighted by molar-refractivity contribution is 4.88. The van der Waals surface area contributed by atoms with Crippen LogP contribution in [0, 0.1) is 5.92 Å². The fourth-order valence-electron chi connectivity index (χ4n) is 3.87. The number of aliphatic hydroxyl groups excluding tert-OH is 1. The van der Waals surface area contributed by atoms with Crippen molar-refractivity contribution in [1.29, 1.82) is 0 Å². The molecule has 0 amide bonds. The Bertz CT molecular complexity index is 264. The van der Waals surface area contributed by atoms with Gasteiger partial charge in [-0.25, -0.2) is 0 Å². The van der Waals surface area contributed by atoms with Gasteiger partial charge in [0.1, 0.15) is 0 Å². The predicted molar refractivity (Wildman–Crippen MR) is 84.9 cm³/mol. The Labute approximate surface area is 125 Å². The molecule has 0 spiro atoms. The first-order chi connectivity index (χ1) is 9.69. The van der Waals surface area contributed by atoms with Crippen LogP contribution in [0.3, 0.4) is 0 Å². The first-order valence-electron chi connectivity index (χ1n) is 8.85. The molecule has 3 nitrogen and oxygen atoms in total. The number of aliphatic hydroxyl groups is 1. The minimum Gasteiger partial charge on any atom is -0.393 e. The van der Waals surface area contributed by atoms with E-state index in [4.69, 9.17) is 0 Å². The van der Waals surface area contributed by atoms with Gasteiger partial charge in [-0.3, -0.25) is 0 Å². The quantitative estimate of drug-likeness (QED) is 0.786. The van der Waals surface area contributed by atoms with Gasteiger partial charge in [-0.1, -0.05) is 32.6 Å². The normalized spacial score (nSPS) is 31.4. The number of likely N-dealkylation sites (tertiary alicyclic amines) is 1. The molecule has 0 aromatic carbocycles. The topological polar surface area (TPSA) is 35.5 Å². The van der Waals surface area contributed by atoms with Gasteiger partial charge < -0.3 is 15.3 Å². The third-order valence-corrected chi connectivity index (χ3v) is 5.15. The molecule has 20 heavy (non-hydrogen) atoms. The Morgan fingerprint density at radius 2 is 1.90 bits per heavy atom. The summed E-state index contributed by atoms with van der Waals surface area (Å²) in [4.78, 5) is 2.57. The standard InChI is InChI=1S/C17H34N2O/c1-3-4-10-19-12-15(14(2)20)11-17(13-19)18-16-8-6-5-7-9-16/h14-18,20H,3-13H2,1-2H3. The third-order valence-electron chi connectivity index (χ3n) is 5.15. The second-order valence-electron chi connectivity index (χ2n) is 7.05. The summed E-state index contributed by atoms with van der Waals surface area (Å²) in [5, 5.41) is 13.9. The van der Waals surface area contributed by atoms with Crippen molar-refractivity contribution in [3.8, 4) is 0 Å². The van der Waals surface area contributed by atoms with E-state index in [1.165, 1.54) is 58.0 Å². The highest BCUT2D eigenvalue weighted by Gasteiger charge is 2.30. The molecule has 0 aromatic heterocycles. The van der Waals surface area contributed by atoms with Crippen LogP contribution in [0.15, 0.2) is 0 Å². The molecule has 1 heterocycles. The van der Waals surface area contributed by atoms with E-state index in [-0.39, 0.29) is 6.10 Å². The lowest BCUT2D eigenvalue weighted by Crippen LogP contribution is -2.54. The Morgan fingerprint density at radius 3 is 2.55 bits per heavy atom. The van der Waals surface area contributed by atoms with E-state index < -0.39 is 0 Å². The largest absolute Gasteiger partial charge is 0.393 e. The van der Waals surface area contributed by atoms with Gasteiger partial charge in [-0.2, -0.15) is 0 Å². The van der Waals surface area contributed by atoms with E-state index in [1.807, 2.05) is 6.92 Å². The molecule has 0 radical (unpaired) electrons. The van der Waals surface area contributed by atoms with Crippen LogP contribution < -0.4 is 5.32 Å². The minimum absolute atomic E-state index is 0.171. The molecule has 0 bridgehead atoms. The maximum absolute atomic E-state index is 9.99. The van der Waals surface area contributed by atoms with Crippen molar-refractivity contribution in [2.75, 3.05) is 19.6 Å². The van der Waals surface area contributed by atoms with Crippen molar-refractivity contribution in [1.82, 2.24) is 10.2 Å². The highest BCUT2D eigenvalue weighted by Crippen LogP contribution is 2.24. The van der Waals surface area contributed by atoms with Crippen LogP contribution in [0.5, 0.6) is 0 Å². The van der Waals surface area contributed by atoms with E-state index in [9.17, 15) is 5.11 Å². The average Bonchev–Trinajstić information content (AvgIpc) is 2.46. The number of nitrogens with one attached hydrogen (secondary N) is 1. The number of piperidine rings is 1. The molecule has 1 saturated heterocycles. The van der Waals surface area contributed by atoms with E-state index in [0.717, 1.165) is 19.0 Å². The average molecular weight is 282 g/mol.